The molecule has 0 aromatic rings. The van der Waals surface area contributed by atoms with Crippen molar-refractivity contribution in [2.75, 3.05) is 0 Å². The first-order valence-corrected chi connectivity index (χ1v) is 8.82. The molecule has 2 N–H and O–H groups in total. The monoisotopic (exact) mass is 243 g/mol. The maximum atomic E-state index is 5.66. The lowest BCUT2D eigenvalue weighted by Crippen LogP contribution is -2.15. The van der Waals surface area contributed by atoms with Gasteiger partial charge in [-0.2, -0.15) is 0 Å². The van der Waals surface area contributed by atoms with Crippen molar-refractivity contribution in [1.82, 2.24) is 0 Å². The minimum atomic E-state index is -0.732. The van der Waals surface area contributed by atoms with E-state index in [0.717, 1.165) is 0 Å². The van der Waals surface area contributed by atoms with Crippen molar-refractivity contribution in [3.8, 4) is 0 Å². The molecule has 0 aliphatic heterocycles. The molecule has 0 aromatic heterocycles. The van der Waals surface area contributed by atoms with E-state index in [4.69, 9.17) is 5.40 Å². The van der Waals surface area contributed by atoms with Gasteiger partial charge in [0.2, 0.25) is 0 Å². The van der Waals surface area contributed by atoms with Crippen molar-refractivity contribution in [3.05, 3.63) is 0 Å². The van der Waals surface area contributed by atoms with Crippen molar-refractivity contribution in [2.24, 2.45) is 5.40 Å². The number of nitrogens with two attached hydrogens (primary N) is 1. The molecule has 0 spiro atoms. The highest BCUT2D eigenvalue weighted by Crippen LogP contribution is 2.03. The molecule has 0 heterocycles. The van der Waals surface area contributed by atoms with Crippen molar-refractivity contribution in [3.63, 3.8) is 0 Å². The molecule has 1 nitrogen and oxygen atoms in total. The van der Waals surface area contributed by atoms with Crippen LogP contribution >= 0.6 is 21.8 Å². The first-order valence-electron chi connectivity index (χ1n) is 3.17. The third kappa shape index (κ3) is 6.91. The summed E-state index contributed by atoms with van der Waals surface area (Å²) in [6.45, 7) is 1.49. The summed E-state index contributed by atoms with van der Waals surface area (Å²) in [7, 11) is 0. The maximum Gasteiger partial charge on any atom is 0.176 e. The lowest BCUT2D eigenvalue weighted by Gasteiger charge is -1.97. The summed E-state index contributed by atoms with van der Waals surface area (Å²) in [5.74, 6) is 0. The summed E-state index contributed by atoms with van der Waals surface area (Å²) in [6.07, 6.45) is 4.04. The molecule has 0 saturated carbocycles. The highest BCUT2D eigenvalue weighted by atomic mass is 127. The lowest BCUT2D eigenvalue weighted by atomic mass is 10.3. The zero-order valence-electron chi connectivity index (χ0n) is 5.36. The maximum absolute atomic E-state index is 5.66. The molecule has 0 aromatic carbocycles. The molecule has 0 fully saturated rings. The van der Waals surface area contributed by atoms with Crippen LogP contribution in [0.4, 0.5) is 0 Å². The summed E-state index contributed by atoms with van der Waals surface area (Å²) in [6, 6.07) is 1.31. The van der Waals surface area contributed by atoms with Crippen LogP contribution in [0.15, 0.2) is 0 Å². The van der Waals surface area contributed by atoms with Crippen LogP contribution in [0.2, 0.25) is 6.04 Å². The van der Waals surface area contributed by atoms with Gasteiger partial charge in [0.05, 0.1) is 0 Å². The van der Waals surface area contributed by atoms with Gasteiger partial charge in [-0.15, -0.1) is 21.8 Å². The summed E-state index contributed by atoms with van der Waals surface area (Å²) in [4.78, 5) is 0. The van der Waals surface area contributed by atoms with Gasteiger partial charge in [0, 0.05) is 0 Å². The Morgan fingerprint density at radius 1 is 1.50 bits per heavy atom. The van der Waals surface area contributed by atoms with E-state index in [9.17, 15) is 0 Å². The fourth-order valence-electron chi connectivity index (χ4n) is 0.589. The number of hydrogen-bond acceptors (Lipinski definition) is 1. The molecule has 1 unspecified atom stereocenters. The number of hydrogen-bond donors (Lipinski definition) is 1. The smallest absolute Gasteiger partial charge is 0.176 e. The van der Waals surface area contributed by atoms with Crippen LogP contribution in [0.25, 0.3) is 0 Å². The van der Waals surface area contributed by atoms with Gasteiger partial charge in [0.25, 0.3) is 0 Å². The Bertz CT molecular complexity index is 49.7. The minimum Gasteiger partial charge on any atom is -0.345 e. The largest absolute Gasteiger partial charge is 0.345 e. The van der Waals surface area contributed by atoms with E-state index in [1.165, 1.54) is 25.3 Å². The second-order valence-corrected chi connectivity index (χ2v) is 8.42. The molecule has 50 valence electrons. The third-order valence-corrected chi connectivity index (χ3v) is 3.91. The summed E-state index contributed by atoms with van der Waals surface area (Å²) in [5.41, 5.74) is 0. The van der Waals surface area contributed by atoms with E-state index in [-0.39, 0.29) is 0 Å². The molecule has 0 aliphatic carbocycles. The van der Waals surface area contributed by atoms with Crippen LogP contribution in [-0.4, -0.2) is 6.45 Å². The zero-order valence-corrected chi connectivity index (χ0v) is 8.67. The van der Waals surface area contributed by atoms with Crippen molar-refractivity contribution in [1.29, 1.82) is 0 Å². The molecular weight excluding hydrogens is 229 g/mol. The number of unbranched alkanes of at least 4 members (excludes halogenated alkanes) is 2. The van der Waals surface area contributed by atoms with Crippen LogP contribution in [-0.2, 0) is 0 Å². The Morgan fingerprint density at radius 2 is 2.12 bits per heavy atom. The standard InChI is InChI=1S/C5H14INSi/c1-2-3-4-5-8(6)7/h8H,2-5,7H2,1H3. The van der Waals surface area contributed by atoms with E-state index in [0.29, 0.717) is 0 Å². The molecule has 0 rings (SSSR count). The van der Waals surface area contributed by atoms with Crippen LogP contribution in [0, 0.1) is 0 Å². The highest BCUT2D eigenvalue weighted by molar-refractivity contribution is 14.1. The Balaban J connectivity index is 2.72. The molecule has 0 aliphatic rings. The van der Waals surface area contributed by atoms with Gasteiger partial charge in [0.1, 0.15) is 0 Å². The Morgan fingerprint density at radius 3 is 2.50 bits per heavy atom. The molecule has 3 heteroatoms. The molecule has 1 atom stereocenters. The second kappa shape index (κ2) is 6.03. The van der Waals surface area contributed by atoms with Gasteiger partial charge in [-0.3, -0.25) is 0 Å². The van der Waals surface area contributed by atoms with E-state index in [1.54, 1.807) is 0 Å². The lowest BCUT2D eigenvalue weighted by molar-refractivity contribution is 0.768. The van der Waals surface area contributed by atoms with Crippen LogP contribution in [0.1, 0.15) is 26.2 Å². The topological polar surface area (TPSA) is 26.0 Å². The third-order valence-electron chi connectivity index (χ3n) is 1.08. The zero-order chi connectivity index (χ0) is 6.41. The first kappa shape index (κ1) is 8.91. The van der Waals surface area contributed by atoms with Gasteiger partial charge in [-0.1, -0.05) is 26.2 Å². The SMILES string of the molecule is CCCCC[SiH](N)I. The van der Waals surface area contributed by atoms with Crippen molar-refractivity contribution < 1.29 is 0 Å². The van der Waals surface area contributed by atoms with Gasteiger partial charge in [0.15, 0.2) is 6.45 Å². The minimum absolute atomic E-state index is 0.732. The molecule has 0 saturated heterocycles. The predicted octanol–water partition coefficient (Wildman–Crippen LogP) is 1.79. The van der Waals surface area contributed by atoms with E-state index >= 15 is 0 Å². The van der Waals surface area contributed by atoms with E-state index in [2.05, 4.69) is 28.7 Å². The summed E-state index contributed by atoms with van der Waals surface area (Å²) in [5, 5.41) is 5.66. The van der Waals surface area contributed by atoms with Gasteiger partial charge in [-0.05, 0) is 6.04 Å². The Kier molecular flexibility index (Phi) is 6.72. The van der Waals surface area contributed by atoms with Crippen LogP contribution < -0.4 is 5.40 Å². The van der Waals surface area contributed by atoms with Gasteiger partial charge >= 0.3 is 0 Å². The predicted molar refractivity (Wildman–Crippen MR) is 49.7 cm³/mol. The summed E-state index contributed by atoms with van der Waals surface area (Å²) < 4.78 is 0. The quantitative estimate of drug-likeness (QED) is 0.346. The van der Waals surface area contributed by atoms with E-state index in [1.807, 2.05) is 0 Å². The number of rotatable bonds is 4. The molecular formula is C5H14INSi. The molecule has 0 bridgehead atoms. The fourth-order valence-corrected chi connectivity index (χ4v) is 2.59. The Labute approximate surface area is 65.9 Å². The average Bonchev–Trinajstić information content (AvgIpc) is 1.66. The van der Waals surface area contributed by atoms with Gasteiger partial charge < -0.3 is 5.40 Å². The van der Waals surface area contributed by atoms with Crippen molar-refractivity contribution in [2.45, 2.75) is 32.2 Å². The molecule has 0 amide bonds. The fraction of sp³-hybridized carbons (Fsp3) is 1.00. The second-order valence-electron chi connectivity index (χ2n) is 2.01. The van der Waals surface area contributed by atoms with Crippen LogP contribution in [0.5, 0.6) is 0 Å². The summed E-state index contributed by atoms with van der Waals surface area (Å²) >= 11 is 2.40. The van der Waals surface area contributed by atoms with Gasteiger partial charge in [-0.25, -0.2) is 0 Å². The first-order chi connectivity index (χ1) is 3.77. The molecule has 0 radical (unpaired) electrons. The van der Waals surface area contributed by atoms with E-state index < -0.39 is 6.45 Å². The molecule has 8 heavy (non-hydrogen) atoms. The highest BCUT2D eigenvalue weighted by Gasteiger charge is 1.95. The Hall–Kier alpha value is 0.907. The van der Waals surface area contributed by atoms with Crippen LogP contribution in [0.3, 0.4) is 0 Å². The average molecular weight is 243 g/mol. The van der Waals surface area contributed by atoms with Crippen molar-refractivity contribution >= 4 is 28.3 Å². The number of halogens is 1. The normalized spacial score (nSPS) is 13.9.